The van der Waals surface area contributed by atoms with Crippen LogP contribution in [0.3, 0.4) is 0 Å². The van der Waals surface area contributed by atoms with E-state index < -0.39 is 5.60 Å². The Morgan fingerprint density at radius 1 is 1.08 bits per heavy atom. The minimum atomic E-state index is -0.571. The second-order valence-electron chi connectivity index (χ2n) is 3.78. The average molecular weight is 292 g/mol. The van der Waals surface area contributed by atoms with Crippen molar-refractivity contribution >= 4 is 23.1 Å². The summed E-state index contributed by atoms with van der Waals surface area (Å²) < 4.78 is 0. The maximum absolute atomic E-state index is 11.8. The fraction of sp³-hybridized carbons (Fsp3) is 1.00. The van der Waals surface area contributed by atoms with Crippen LogP contribution in [0.25, 0.3) is 0 Å². The van der Waals surface area contributed by atoms with Crippen LogP contribution >= 0.6 is 0 Å². The van der Waals surface area contributed by atoms with Gasteiger partial charge in [-0.3, -0.25) is 0 Å². The molecule has 0 amide bonds. The van der Waals surface area contributed by atoms with E-state index in [9.17, 15) is 5.11 Å². The molecule has 1 aliphatic carbocycles. The van der Waals surface area contributed by atoms with Crippen LogP contribution in [-0.4, -0.2) is 28.7 Å². The van der Waals surface area contributed by atoms with E-state index in [-0.39, 0.29) is 47.0 Å². The van der Waals surface area contributed by atoms with E-state index in [0.717, 1.165) is 25.7 Å². The first-order valence-corrected chi connectivity index (χ1v) is 4.35. The summed E-state index contributed by atoms with van der Waals surface area (Å²) in [7, 11) is 0. The van der Waals surface area contributed by atoms with Crippen LogP contribution < -0.4 is 29.1 Å². The molecule has 0 unspecified atom stereocenters. The summed E-state index contributed by atoms with van der Waals surface area (Å²) in [4.78, 5) is 0. The molecule has 3 heteroatoms. The molecule has 0 N–H and O–H groups in total. The normalized spacial score (nSPS) is 21.0. The molecule has 0 aliphatic heterocycles. The molecule has 1 fully saturated rings. The Bertz CT molecular complexity index is 111. The molecule has 0 atom stereocenters. The third kappa shape index (κ3) is 4.11. The minimum Gasteiger partial charge on any atom is -1.00 e. The third-order valence-corrected chi connectivity index (χ3v) is 2.75. The smallest absolute Gasteiger partial charge is 1.00 e. The average Bonchev–Trinajstić information content (AvgIpc) is 1.89. The van der Waals surface area contributed by atoms with Crippen molar-refractivity contribution in [3.63, 3.8) is 0 Å². The fourth-order valence-electron chi connectivity index (χ4n) is 1.73. The summed E-state index contributed by atoms with van der Waals surface area (Å²) in [5.41, 5.74) is -0.571. The van der Waals surface area contributed by atoms with Gasteiger partial charge in [0.25, 0.3) is 0 Å². The van der Waals surface area contributed by atoms with E-state index in [1.165, 1.54) is 6.42 Å². The predicted molar refractivity (Wildman–Crippen MR) is 46.4 cm³/mol. The molecule has 0 radical (unpaired) electrons. The fourth-order valence-corrected chi connectivity index (χ4v) is 1.73. The minimum absolute atomic E-state index is 0. The van der Waals surface area contributed by atoms with Gasteiger partial charge in [-0.25, -0.2) is 0 Å². The van der Waals surface area contributed by atoms with E-state index in [4.69, 9.17) is 0 Å². The van der Waals surface area contributed by atoms with Gasteiger partial charge in [0, 0.05) is 0 Å². The van der Waals surface area contributed by atoms with Gasteiger partial charge in [0.05, 0.1) is 0 Å². The predicted octanol–water partition coefficient (Wildman–Crippen LogP) is -1.67. The number of rotatable bonds is 1. The quantitative estimate of drug-likeness (QED) is 0.419. The maximum Gasteiger partial charge on any atom is 2.00 e. The molecule has 1 nitrogen and oxygen atoms in total. The maximum atomic E-state index is 11.8. The molecule has 1 saturated carbocycles. The Hall–Kier alpha value is 1.46. The van der Waals surface area contributed by atoms with Crippen molar-refractivity contribution in [1.82, 2.24) is 0 Å². The van der Waals surface area contributed by atoms with E-state index >= 15 is 0 Å². The van der Waals surface area contributed by atoms with Crippen molar-refractivity contribution in [1.29, 1.82) is 0 Å². The molecule has 0 saturated heterocycles. The van der Waals surface area contributed by atoms with Crippen molar-refractivity contribution in [3.8, 4) is 0 Å². The van der Waals surface area contributed by atoms with Gasteiger partial charge in [-0.15, -0.1) is 5.60 Å². The third-order valence-electron chi connectivity index (χ3n) is 2.75. The van der Waals surface area contributed by atoms with Gasteiger partial charge in [-0.1, -0.05) is 51.9 Å². The molecule has 0 aromatic heterocycles. The van der Waals surface area contributed by atoms with Gasteiger partial charge in [0.15, 0.2) is 0 Å². The Balaban J connectivity index is 0. The van der Waals surface area contributed by atoms with E-state index in [0.29, 0.717) is 5.92 Å². The number of hydrogen-bond donors (Lipinski definition) is 0. The van der Waals surface area contributed by atoms with Crippen LogP contribution in [0.4, 0.5) is 0 Å². The van der Waals surface area contributed by atoms with E-state index in [1.807, 2.05) is 0 Å². The van der Waals surface area contributed by atoms with Crippen LogP contribution in [0.5, 0.6) is 0 Å². The number of hydrogen-bond acceptors (Lipinski definition) is 1. The monoisotopic (exact) mass is 292 g/mol. The molecule has 68 valence electrons. The summed E-state index contributed by atoms with van der Waals surface area (Å²) in [6, 6.07) is 0. The molecule has 1 rings (SSSR count). The van der Waals surface area contributed by atoms with Crippen molar-refractivity contribution in [2.75, 3.05) is 0 Å². The second-order valence-corrected chi connectivity index (χ2v) is 3.78. The molecule has 0 heterocycles. The van der Waals surface area contributed by atoms with Crippen LogP contribution in [0.1, 0.15) is 46.0 Å². The zero-order valence-corrected chi connectivity index (χ0v) is 11.7. The summed E-state index contributed by atoms with van der Waals surface area (Å²) in [6.45, 7) is 4.11. The Morgan fingerprint density at radius 3 is 1.75 bits per heavy atom. The molecule has 0 aromatic carbocycles. The zero-order chi connectivity index (χ0) is 7.61. The van der Waals surface area contributed by atoms with Crippen molar-refractivity contribution in [2.45, 2.75) is 51.6 Å². The van der Waals surface area contributed by atoms with Crippen LogP contribution in [0.2, 0.25) is 0 Å². The largest absolute Gasteiger partial charge is 2.00 e. The first-order valence-electron chi connectivity index (χ1n) is 4.35. The van der Waals surface area contributed by atoms with Crippen molar-refractivity contribution in [3.05, 3.63) is 0 Å². The van der Waals surface area contributed by atoms with Gasteiger partial charge < -0.3 is 29.1 Å². The molecule has 0 bridgehead atoms. The first-order chi connectivity index (χ1) is 4.65. The molecular weight excluding hydrogens is 275 g/mol. The molecule has 0 aromatic rings. The second kappa shape index (κ2) is 6.84. The summed E-state index contributed by atoms with van der Waals surface area (Å²) >= 11 is 0. The SMILES string of the molecule is CC(C)C1([O-])CCCCC1.[I-].[Mg+2]. The standard InChI is InChI=1S/C9H17O.HI.Mg/c1-8(2)9(10)6-4-3-5-7-9;;/h8H,3-7H2,1-2H3;1H;/q-1;;+2/p-1. The number of halogens is 1. The molecule has 12 heavy (non-hydrogen) atoms. The Morgan fingerprint density at radius 2 is 1.50 bits per heavy atom. The van der Waals surface area contributed by atoms with Gasteiger partial charge >= 0.3 is 23.1 Å². The van der Waals surface area contributed by atoms with Crippen molar-refractivity contribution < 1.29 is 29.1 Å². The summed E-state index contributed by atoms with van der Waals surface area (Å²) in [5, 5.41) is 11.8. The molecule has 0 spiro atoms. The van der Waals surface area contributed by atoms with E-state index in [1.54, 1.807) is 0 Å². The van der Waals surface area contributed by atoms with Gasteiger partial charge in [-0.2, -0.15) is 0 Å². The van der Waals surface area contributed by atoms with E-state index in [2.05, 4.69) is 13.8 Å². The molecular formula is C9H17IMgO. The zero-order valence-electron chi connectivity index (χ0n) is 8.11. The summed E-state index contributed by atoms with van der Waals surface area (Å²) in [5.74, 6) is 0.327. The summed E-state index contributed by atoms with van der Waals surface area (Å²) in [6.07, 6.45) is 5.40. The topological polar surface area (TPSA) is 23.1 Å². The first kappa shape index (κ1) is 15.9. The Kier molecular flexibility index (Phi) is 9.07. The van der Waals surface area contributed by atoms with Crippen LogP contribution in [0.15, 0.2) is 0 Å². The van der Waals surface area contributed by atoms with Crippen molar-refractivity contribution in [2.24, 2.45) is 5.92 Å². The Labute approximate surface area is 109 Å². The van der Waals surface area contributed by atoms with Crippen LogP contribution in [-0.2, 0) is 0 Å². The van der Waals surface area contributed by atoms with Crippen LogP contribution in [0, 0.1) is 5.92 Å². The van der Waals surface area contributed by atoms with Gasteiger partial charge in [0.1, 0.15) is 0 Å². The van der Waals surface area contributed by atoms with Gasteiger partial charge in [-0.05, 0) is 0 Å². The van der Waals surface area contributed by atoms with Gasteiger partial charge in [0.2, 0.25) is 0 Å². The molecule has 1 aliphatic rings.